The maximum absolute atomic E-state index is 12.5. The first kappa shape index (κ1) is 20.4. The standard InChI is InChI=1S/C22H24N2O5/c1-13-14(2)24(15(3)25)19-10-9-17(21(26)27)11-18(19)20(13)23-22(28)29-12-16-7-5-4-6-8-16/h4-11,13-14,20H,12H2,1-3H3,(H,23,28)(H,26,27)/t13-,14-,20+/m0/s1. The van der Waals surface area contributed by atoms with Crippen molar-refractivity contribution in [2.45, 2.75) is 39.5 Å². The molecule has 7 heteroatoms. The van der Waals surface area contributed by atoms with Crippen LogP contribution in [0, 0.1) is 5.92 Å². The number of carbonyl (C=O) groups excluding carboxylic acids is 2. The van der Waals surface area contributed by atoms with Crippen LogP contribution < -0.4 is 10.2 Å². The smallest absolute Gasteiger partial charge is 0.407 e. The molecule has 1 heterocycles. The first-order chi connectivity index (χ1) is 13.8. The van der Waals surface area contributed by atoms with Crippen molar-refractivity contribution in [1.29, 1.82) is 0 Å². The third-order valence-corrected chi connectivity index (χ3v) is 5.39. The van der Waals surface area contributed by atoms with Gasteiger partial charge in [0.05, 0.1) is 11.6 Å². The molecule has 2 aromatic carbocycles. The van der Waals surface area contributed by atoms with E-state index in [0.717, 1.165) is 5.56 Å². The highest BCUT2D eigenvalue weighted by atomic mass is 16.5. The van der Waals surface area contributed by atoms with E-state index >= 15 is 0 Å². The van der Waals surface area contributed by atoms with Gasteiger partial charge >= 0.3 is 12.1 Å². The number of nitrogens with one attached hydrogen (secondary N) is 1. The maximum Gasteiger partial charge on any atom is 0.407 e. The molecule has 2 amide bonds. The Bertz CT molecular complexity index is 928. The number of carboxylic acids is 1. The Hall–Kier alpha value is -3.35. The minimum atomic E-state index is -1.07. The molecule has 0 bridgehead atoms. The van der Waals surface area contributed by atoms with Crippen molar-refractivity contribution in [2.24, 2.45) is 5.92 Å². The quantitative estimate of drug-likeness (QED) is 0.821. The molecule has 29 heavy (non-hydrogen) atoms. The summed E-state index contributed by atoms with van der Waals surface area (Å²) in [5.41, 5.74) is 2.14. The first-order valence-corrected chi connectivity index (χ1v) is 9.44. The van der Waals surface area contributed by atoms with Crippen molar-refractivity contribution in [1.82, 2.24) is 5.32 Å². The molecule has 0 saturated heterocycles. The molecular formula is C22H24N2O5. The fourth-order valence-corrected chi connectivity index (χ4v) is 3.73. The molecular weight excluding hydrogens is 372 g/mol. The van der Waals surface area contributed by atoms with Gasteiger partial charge in [-0.2, -0.15) is 0 Å². The van der Waals surface area contributed by atoms with E-state index in [0.29, 0.717) is 11.3 Å². The van der Waals surface area contributed by atoms with Gasteiger partial charge in [0.25, 0.3) is 0 Å². The minimum Gasteiger partial charge on any atom is -0.478 e. The highest BCUT2D eigenvalue weighted by Gasteiger charge is 2.39. The summed E-state index contributed by atoms with van der Waals surface area (Å²) in [5.74, 6) is -1.36. The Kier molecular flexibility index (Phi) is 5.87. The monoisotopic (exact) mass is 396 g/mol. The first-order valence-electron chi connectivity index (χ1n) is 9.44. The van der Waals surface area contributed by atoms with Gasteiger partial charge in [-0.25, -0.2) is 9.59 Å². The zero-order chi connectivity index (χ0) is 21.1. The van der Waals surface area contributed by atoms with E-state index in [1.807, 2.05) is 44.2 Å². The normalized spacial score (nSPS) is 20.5. The van der Waals surface area contributed by atoms with Gasteiger partial charge in [0.15, 0.2) is 0 Å². The summed E-state index contributed by atoms with van der Waals surface area (Å²) in [6.07, 6.45) is -0.596. The number of ether oxygens (including phenoxy) is 1. The fourth-order valence-electron chi connectivity index (χ4n) is 3.73. The van der Waals surface area contributed by atoms with Crippen LogP contribution in [0.4, 0.5) is 10.5 Å². The second-order valence-electron chi connectivity index (χ2n) is 7.25. The van der Waals surface area contributed by atoms with Crippen LogP contribution in [-0.4, -0.2) is 29.1 Å². The van der Waals surface area contributed by atoms with E-state index in [1.54, 1.807) is 11.0 Å². The second-order valence-corrected chi connectivity index (χ2v) is 7.25. The molecule has 0 radical (unpaired) electrons. The Labute approximate surface area is 169 Å². The molecule has 0 aliphatic carbocycles. The molecule has 0 fully saturated rings. The van der Waals surface area contributed by atoms with Gasteiger partial charge in [0.1, 0.15) is 6.61 Å². The fraction of sp³-hybridized carbons (Fsp3) is 0.318. The van der Waals surface area contributed by atoms with Crippen LogP contribution in [0.25, 0.3) is 0 Å². The van der Waals surface area contributed by atoms with Gasteiger partial charge in [-0.15, -0.1) is 0 Å². The Balaban J connectivity index is 1.88. The SMILES string of the molecule is CC(=O)N1c2ccc(C(=O)O)cc2[C@H](NC(=O)OCc2ccccc2)[C@@H](C)[C@@H]1C. The van der Waals surface area contributed by atoms with Crippen LogP contribution in [0.1, 0.15) is 48.3 Å². The van der Waals surface area contributed by atoms with Crippen LogP contribution in [0.15, 0.2) is 48.5 Å². The third kappa shape index (κ3) is 4.23. The van der Waals surface area contributed by atoms with Crippen LogP contribution >= 0.6 is 0 Å². The van der Waals surface area contributed by atoms with Gasteiger partial charge in [0.2, 0.25) is 5.91 Å². The summed E-state index contributed by atoms with van der Waals surface area (Å²) in [6, 6.07) is 13.2. The lowest BCUT2D eigenvalue weighted by Gasteiger charge is -2.43. The van der Waals surface area contributed by atoms with E-state index in [4.69, 9.17) is 4.74 Å². The van der Waals surface area contributed by atoms with Crippen LogP contribution in [0.2, 0.25) is 0 Å². The second kappa shape index (κ2) is 8.34. The molecule has 7 nitrogen and oxygen atoms in total. The highest BCUT2D eigenvalue weighted by Crippen LogP contribution is 2.41. The van der Waals surface area contributed by atoms with Gasteiger partial charge in [-0.3, -0.25) is 4.79 Å². The molecule has 2 aromatic rings. The molecule has 3 atom stereocenters. The van der Waals surface area contributed by atoms with Crippen LogP contribution in [-0.2, 0) is 16.1 Å². The number of amides is 2. The summed E-state index contributed by atoms with van der Waals surface area (Å²) in [7, 11) is 0. The molecule has 1 aliphatic heterocycles. The average molecular weight is 396 g/mol. The summed E-state index contributed by atoms with van der Waals surface area (Å²) in [6.45, 7) is 5.42. The van der Waals surface area contributed by atoms with E-state index in [-0.39, 0.29) is 30.0 Å². The van der Waals surface area contributed by atoms with Gasteiger partial charge in [-0.1, -0.05) is 37.3 Å². The Morgan fingerprint density at radius 2 is 1.79 bits per heavy atom. The van der Waals surface area contributed by atoms with Crippen molar-refractivity contribution < 1.29 is 24.2 Å². The molecule has 0 aromatic heterocycles. The molecule has 3 rings (SSSR count). The molecule has 1 aliphatic rings. The molecule has 2 N–H and O–H groups in total. The largest absolute Gasteiger partial charge is 0.478 e. The van der Waals surface area contributed by atoms with Gasteiger partial charge in [-0.05, 0) is 36.2 Å². The van der Waals surface area contributed by atoms with Crippen LogP contribution in [0.3, 0.4) is 0 Å². The van der Waals surface area contributed by atoms with E-state index in [2.05, 4.69) is 5.32 Å². The van der Waals surface area contributed by atoms with Gasteiger partial charge < -0.3 is 20.1 Å². The molecule has 0 unspecified atom stereocenters. The predicted octanol–water partition coefficient (Wildman–Crippen LogP) is 3.74. The van der Waals surface area contributed by atoms with E-state index in [9.17, 15) is 19.5 Å². The third-order valence-electron chi connectivity index (χ3n) is 5.39. The number of carboxylic acid groups (broad SMARTS) is 1. The zero-order valence-electron chi connectivity index (χ0n) is 16.6. The van der Waals surface area contributed by atoms with Crippen molar-refractivity contribution in [3.05, 3.63) is 65.2 Å². The summed E-state index contributed by atoms with van der Waals surface area (Å²) in [5, 5.41) is 12.2. The highest BCUT2D eigenvalue weighted by molar-refractivity contribution is 5.95. The van der Waals surface area contributed by atoms with Crippen molar-refractivity contribution in [3.8, 4) is 0 Å². The number of nitrogens with zero attached hydrogens (tertiary/aromatic N) is 1. The summed E-state index contributed by atoms with van der Waals surface area (Å²) in [4.78, 5) is 37.8. The number of aromatic carboxylic acids is 1. The summed E-state index contributed by atoms with van der Waals surface area (Å²) < 4.78 is 5.33. The average Bonchev–Trinajstić information content (AvgIpc) is 2.70. The number of alkyl carbamates (subject to hydrolysis) is 1. The van der Waals surface area contributed by atoms with Crippen molar-refractivity contribution in [3.63, 3.8) is 0 Å². The zero-order valence-corrected chi connectivity index (χ0v) is 16.6. The van der Waals surface area contributed by atoms with E-state index < -0.39 is 18.1 Å². The Morgan fingerprint density at radius 3 is 2.41 bits per heavy atom. The lowest BCUT2D eigenvalue weighted by molar-refractivity contribution is -0.117. The van der Waals surface area contributed by atoms with Crippen molar-refractivity contribution >= 4 is 23.7 Å². The molecule has 152 valence electrons. The summed E-state index contributed by atoms with van der Waals surface area (Å²) >= 11 is 0. The molecule has 0 spiro atoms. The lowest BCUT2D eigenvalue weighted by atomic mass is 9.82. The number of carbonyl (C=O) groups is 3. The van der Waals surface area contributed by atoms with E-state index in [1.165, 1.54) is 19.1 Å². The lowest BCUT2D eigenvalue weighted by Crippen LogP contribution is -2.50. The molecule has 0 saturated carbocycles. The number of anilines is 1. The van der Waals surface area contributed by atoms with Gasteiger partial charge in [0, 0.05) is 24.6 Å². The predicted molar refractivity (Wildman–Crippen MR) is 108 cm³/mol. The number of fused-ring (bicyclic) bond motifs is 1. The maximum atomic E-state index is 12.5. The van der Waals surface area contributed by atoms with Crippen molar-refractivity contribution in [2.75, 3.05) is 4.90 Å². The number of hydrogen-bond donors (Lipinski definition) is 2. The van der Waals surface area contributed by atoms with Crippen LogP contribution in [0.5, 0.6) is 0 Å². The topological polar surface area (TPSA) is 95.9 Å². The number of rotatable bonds is 4. The number of benzene rings is 2. The Morgan fingerprint density at radius 1 is 1.10 bits per heavy atom. The number of hydrogen-bond acceptors (Lipinski definition) is 4. The minimum absolute atomic E-state index is 0.0958.